The number of nitrogens with one attached hydrogen (secondary N) is 1. The van der Waals surface area contributed by atoms with Crippen molar-refractivity contribution >= 4 is 34.2 Å². The number of methoxy groups -OCH3 is 1. The summed E-state index contributed by atoms with van der Waals surface area (Å²) >= 11 is 0.978. The topological polar surface area (TPSA) is 90.9 Å². The Morgan fingerprint density at radius 1 is 1.10 bits per heavy atom. The molecule has 0 fully saturated rings. The van der Waals surface area contributed by atoms with Gasteiger partial charge in [0.05, 0.1) is 25.9 Å². The molecule has 1 aromatic carbocycles. The summed E-state index contributed by atoms with van der Waals surface area (Å²) in [6, 6.07) is 6.69. The molecule has 1 N–H and O–H groups in total. The van der Waals surface area contributed by atoms with E-state index in [0.29, 0.717) is 29.4 Å². The van der Waals surface area contributed by atoms with Gasteiger partial charge in [0.25, 0.3) is 5.91 Å². The molecule has 156 valence electrons. The monoisotopic (exact) mass is 419 g/mol. The van der Waals surface area contributed by atoms with Gasteiger partial charge in [-0.1, -0.05) is 13.8 Å². The Morgan fingerprint density at radius 3 is 2.31 bits per heavy atom. The van der Waals surface area contributed by atoms with Crippen LogP contribution in [0.25, 0.3) is 0 Å². The molecule has 0 aliphatic carbocycles. The molecule has 1 aromatic heterocycles. The molecule has 0 saturated heterocycles. The molecule has 1 amide bonds. The highest BCUT2D eigenvalue weighted by molar-refractivity contribution is 7.18. The number of esters is 2. The van der Waals surface area contributed by atoms with Crippen LogP contribution in [0.2, 0.25) is 0 Å². The van der Waals surface area contributed by atoms with E-state index in [1.807, 2.05) is 0 Å². The van der Waals surface area contributed by atoms with Crippen molar-refractivity contribution in [3.8, 4) is 5.75 Å². The quantitative estimate of drug-likeness (QED) is 0.641. The lowest BCUT2D eigenvalue weighted by atomic mass is 10.1. The highest BCUT2D eigenvalue weighted by atomic mass is 32.1. The molecule has 29 heavy (non-hydrogen) atoms. The van der Waals surface area contributed by atoms with Gasteiger partial charge < -0.3 is 19.5 Å². The minimum Gasteiger partial charge on any atom is -0.493 e. The Labute approximate surface area is 174 Å². The van der Waals surface area contributed by atoms with Crippen molar-refractivity contribution in [2.45, 2.75) is 27.7 Å². The first-order chi connectivity index (χ1) is 13.8. The first-order valence-electron chi connectivity index (χ1n) is 9.21. The van der Waals surface area contributed by atoms with Crippen molar-refractivity contribution in [3.63, 3.8) is 0 Å². The van der Waals surface area contributed by atoms with E-state index in [1.54, 1.807) is 38.1 Å². The molecule has 0 saturated carbocycles. The van der Waals surface area contributed by atoms with Gasteiger partial charge in [-0.2, -0.15) is 0 Å². The maximum Gasteiger partial charge on any atom is 0.348 e. The Morgan fingerprint density at radius 2 is 1.76 bits per heavy atom. The molecule has 7 nitrogen and oxygen atoms in total. The lowest BCUT2D eigenvalue weighted by molar-refractivity contribution is 0.0527. The Balaban J connectivity index is 2.26. The second kappa shape index (κ2) is 10.1. The van der Waals surface area contributed by atoms with Crippen LogP contribution in [-0.4, -0.2) is 38.2 Å². The normalized spacial score (nSPS) is 10.6. The van der Waals surface area contributed by atoms with Gasteiger partial charge in [-0.25, -0.2) is 9.59 Å². The van der Waals surface area contributed by atoms with Gasteiger partial charge in [-0.05, 0) is 49.6 Å². The summed E-state index contributed by atoms with van der Waals surface area (Å²) in [6.45, 7) is 8.16. The van der Waals surface area contributed by atoms with Crippen LogP contribution in [0.15, 0.2) is 24.3 Å². The summed E-state index contributed by atoms with van der Waals surface area (Å²) in [4.78, 5) is 37.3. The number of benzene rings is 1. The maximum atomic E-state index is 12.7. The van der Waals surface area contributed by atoms with E-state index in [0.717, 1.165) is 11.3 Å². The molecule has 0 atom stereocenters. The van der Waals surface area contributed by atoms with Gasteiger partial charge in [-0.3, -0.25) is 4.79 Å². The van der Waals surface area contributed by atoms with Gasteiger partial charge in [0.2, 0.25) is 0 Å². The summed E-state index contributed by atoms with van der Waals surface area (Å²) in [5.74, 6) is -0.536. The van der Waals surface area contributed by atoms with Crippen LogP contribution in [-0.2, 0) is 9.47 Å². The van der Waals surface area contributed by atoms with Crippen LogP contribution in [0.4, 0.5) is 5.00 Å². The number of carbonyl (C=O) groups is 3. The van der Waals surface area contributed by atoms with Crippen LogP contribution in [0.3, 0.4) is 0 Å². The predicted octanol–water partition coefficient (Wildman–Crippen LogP) is 4.31. The molecule has 0 radical (unpaired) electrons. The number of rotatable bonds is 8. The fourth-order valence-electron chi connectivity index (χ4n) is 2.48. The zero-order valence-electron chi connectivity index (χ0n) is 17.2. The third-order valence-electron chi connectivity index (χ3n) is 3.92. The second-order valence-electron chi connectivity index (χ2n) is 6.66. The fourth-order valence-corrected chi connectivity index (χ4v) is 3.59. The largest absolute Gasteiger partial charge is 0.493 e. The SMILES string of the molecule is CCOC(=O)c1c(NC(=O)c2ccc(OCC(C)C)cc2)sc(C(=O)OC)c1C. The molecule has 0 aliphatic heterocycles. The average molecular weight is 419 g/mol. The van der Waals surface area contributed by atoms with Gasteiger partial charge >= 0.3 is 11.9 Å². The number of thiophene rings is 1. The molecule has 0 unspecified atom stereocenters. The zero-order valence-corrected chi connectivity index (χ0v) is 18.0. The molecule has 8 heteroatoms. The van der Waals surface area contributed by atoms with Gasteiger partial charge in [0, 0.05) is 5.56 Å². The van der Waals surface area contributed by atoms with E-state index in [1.165, 1.54) is 7.11 Å². The molecular formula is C21H25NO6S. The first-order valence-corrected chi connectivity index (χ1v) is 10.0. The van der Waals surface area contributed by atoms with Gasteiger partial charge in [-0.15, -0.1) is 11.3 Å². The van der Waals surface area contributed by atoms with E-state index in [4.69, 9.17) is 14.2 Å². The Kier molecular flexibility index (Phi) is 7.78. The third kappa shape index (κ3) is 5.57. The van der Waals surface area contributed by atoms with E-state index in [2.05, 4.69) is 19.2 Å². The molecule has 2 rings (SSSR count). The lowest BCUT2D eigenvalue weighted by Gasteiger charge is -2.10. The number of hydrogen-bond acceptors (Lipinski definition) is 7. The molecule has 2 aromatic rings. The van der Waals surface area contributed by atoms with E-state index < -0.39 is 17.8 Å². The Bertz CT molecular complexity index is 885. The zero-order chi connectivity index (χ0) is 21.6. The second-order valence-corrected chi connectivity index (χ2v) is 7.68. The molecule has 1 heterocycles. The summed E-state index contributed by atoms with van der Waals surface area (Å²) < 4.78 is 15.4. The van der Waals surface area contributed by atoms with Crippen LogP contribution < -0.4 is 10.1 Å². The minimum atomic E-state index is -0.607. The number of carbonyl (C=O) groups excluding carboxylic acids is 3. The molecular weight excluding hydrogens is 394 g/mol. The van der Waals surface area contributed by atoms with E-state index in [-0.39, 0.29) is 22.0 Å². The Hall–Kier alpha value is -2.87. The molecule has 0 spiro atoms. The average Bonchev–Trinajstić information content (AvgIpc) is 3.02. The van der Waals surface area contributed by atoms with Crippen molar-refractivity contribution in [3.05, 3.63) is 45.8 Å². The summed E-state index contributed by atoms with van der Waals surface area (Å²) in [7, 11) is 1.26. The van der Waals surface area contributed by atoms with Crippen molar-refractivity contribution in [2.24, 2.45) is 5.92 Å². The van der Waals surface area contributed by atoms with Crippen molar-refractivity contribution in [1.82, 2.24) is 0 Å². The van der Waals surface area contributed by atoms with Crippen LogP contribution >= 0.6 is 11.3 Å². The van der Waals surface area contributed by atoms with E-state index >= 15 is 0 Å². The van der Waals surface area contributed by atoms with Crippen molar-refractivity contribution < 1.29 is 28.6 Å². The van der Waals surface area contributed by atoms with Crippen molar-refractivity contribution in [2.75, 3.05) is 25.6 Å². The molecule has 0 bridgehead atoms. The first kappa shape index (κ1) is 22.4. The minimum absolute atomic E-state index is 0.155. The highest BCUT2D eigenvalue weighted by Crippen LogP contribution is 2.34. The van der Waals surface area contributed by atoms with Gasteiger partial charge in [0.15, 0.2) is 0 Å². The number of anilines is 1. The van der Waals surface area contributed by atoms with Crippen molar-refractivity contribution in [1.29, 1.82) is 0 Å². The number of ether oxygens (including phenoxy) is 3. The summed E-state index contributed by atoms with van der Waals surface area (Å²) in [5, 5.41) is 2.95. The van der Waals surface area contributed by atoms with Gasteiger partial charge in [0.1, 0.15) is 15.6 Å². The fraction of sp³-hybridized carbons (Fsp3) is 0.381. The predicted molar refractivity (Wildman–Crippen MR) is 111 cm³/mol. The smallest absolute Gasteiger partial charge is 0.348 e. The maximum absolute atomic E-state index is 12.7. The van der Waals surface area contributed by atoms with Crippen LogP contribution in [0, 0.1) is 12.8 Å². The number of amides is 1. The summed E-state index contributed by atoms with van der Waals surface area (Å²) in [6.07, 6.45) is 0. The van der Waals surface area contributed by atoms with Crippen LogP contribution in [0.1, 0.15) is 56.7 Å². The summed E-state index contributed by atoms with van der Waals surface area (Å²) in [5.41, 5.74) is 0.956. The van der Waals surface area contributed by atoms with E-state index in [9.17, 15) is 14.4 Å². The number of hydrogen-bond donors (Lipinski definition) is 1. The molecule has 0 aliphatic rings. The highest BCUT2D eigenvalue weighted by Gasteiger charge is 2.27. The van der Waals surface area contributed by atoms with Crippen LogP contribution in [0.5, 0.6) is 5.75 Å². The standard InChI is InChI=1S/C21H25NO6S/c1-6-27-20(24)16-13(4)17(21(25)26-5)29-19(16)22-18(23)14-7-9-15(10-8-14)28-11-12(2)3/h7-10,12H,6,11H2,1-5H3,(H,22,23). The third-order valence-corrected chi connectivity index (χ3v) is 5.11. The lowest BCUT2D eigenvalue weighted by Crippen LogP contribution is -2.15.